The number of hydrogen-bond acceptors (Lipinski definition) is 2. The first-order valence-corrected chi connectivity index (χ1v) is 5.72. The van der Waals surface area contributed by atoms with E-state index < -0.39 is 0 Å². The molecule has 1 rings (SSSR count). The number of rotatable bonds is 5. The lowest BCUT2D eigenvalue weighted by Gasteiger charge is -2.22. The van der Waals surface area contributed by atoms with E-state index in [9.17, 15) is 4.79 Å². The quantitative estimate of drug-likeness (QED) is 0.878. The summed E-state index contributed by atoms with van der Waals surface area (Å²) >= 11 is 0. The van der Waals surface area contributed by atoms with Crippen LogP contribution in [-0.2, 0) is 4.79 Å². The number of anilines is 1. The third kappa shape index (κ3) is 4.75. The van der Waals surface area contributed by atoms with Gasteiger partial charge in [0.2, 0.25) is 5.91 Å². The van der Waals surface area contributed by atoms with Crippen molar-refractivity contribution in [1.29, 1.82) is 0 Å². The zero-order chi connectivity index (χ0) is 12.0. The van der Waals surface area contributed by atoms with Gasteiger partial charge < -0.3 is 10.2 Å². The third-order valence-electron chi connectivity index (χ3n) is 2.55. The number of para-hydroxylation sites is 1. The number of hydrogen-bond donors (Lipinski definition) is 1. The van der Waals surface area contributed by atoms with Crippen LogP contribution in [0.15, 0.2) is 30.3 Å². The van der Waals surface area contributed by atoms with E-state index in [0.717, 1.165) is 18.7 Å². The van der Waals surface area contributed by atoms with Crippen molar-refractivity contribution in [3.8, 4) is 0 Å². The Morgan fingerprint density at radius 2 is 1.94 bits per heavy atom. The lowest BCUT2D eigenvalue weighted by molar-refractivity contribution is -0.119. The molecule has 0 aliphatic heterocycles. The number of likely N-dealkylation sites (N-methyl/N-ethyl adjacent to an activating group) is 1. The van der Waals surface area contributed by atoms with E-state index >= 15 is 0 Å². The predicted molar refractivity (Wildman–Crippen MR) is 74.9 cm³/mol. The number of carbonyl (C=O) groups is 1. The first-order chi connectivity index (χ1) is 7.66. The van der Waals surface area contributed by atoms with Crippen molar-refractivity contribution >= 4 is 24.0 Å². The number of halogens is 1. The molecule has 0 heterocycles. The highest BCUT2D eigenvalue weighted by Crippen LogP contribution is 2.11. The SMILES string of the molecule is CCCNC(C)C(=O)N(C)c1ccccc1.Cl. The van der Waals surface area contributed by atoms with Gasteiger partial charge in [0.25, 0.3) is 0 Å². The van der Waals surface area contributed by atoms with E-state index in [1.807, 2.05) is 44.3 Å². The van der Waals surface area contributed by atoms with Crippen LogP contribution in [0.4, 0.5) is 5.69 Å². The molecule has 17 heavy (non-hydrogen) atoms. The molecule has 0 aromatic heterocycles. The summed E-state index contributed by atoms with van der Waals surface area (Å²) in [6, 6.07) is 9.55. The molecule has 0 bridgehead atoms. The monoisotopic (exact) mass is 256 g/mol. The molecule has 0 fully saturated rings. The third-order valence-corrected chi connectivity index (χ3v) is 2.55. The van der Waals surface area contributed by atoms with Gasteiger partial charge in [-0.2, -0.15) is 0 Å². The van der Waals surface area contributed by atoms with Crippen molar-refractivity contribution in [1.82, 2.24) is 5.32 Å². The Hall–Kier alpha value is -1.06. The van der Waals surface area contributed by atoms with Crippen LogP contribution < -0.4 is 10.2 Å². The minimum Gasteiger partial charge on any atom is -0.314 e. The molecular weight excluding hydrogens is 236 g/mol. The summed E-state index contributed by atoms with van der Waals surface area (Å²) in [7, 11) is 1.81. The summed E-state index contributed by atoms with van der Waals surface area (Å²) < 4.78 is 0. The molecule has 1 atom stereocenters. The Morgan fingerprint density at radius 1 is 1.35 bits per heavy atom. The Balaban J connectivity index is 0.00000256. The Morgan fingerprint density at radius 3 is 2.47 bits per heavy atom. The molecule has 1 amide bonds. The molecule has 1 N–H and O–H groups in total. The summed E-state index contributed by atoms with van der Waals surface area (Å²) in [6.07, 6.45) is 1.03. The van der Waals surface area contributed by atoms with Gasteiger partial charge in [0, 0.05) is 12.7 Å². The normalized spacial score (nSPS) is 11.5. The van der Waals surface area contributed by atoms with Gasteiger partial charge in [-0.25, -0.2) is 0 Å². The molecule has 0 radical (unpaired) electrons. The second-order valence-electron chi connectivity index (χ2n) is 3.91. The lowest BCUT2D eigenvalue weighted by atomic mass is 10.2. The van der Waals surface area contributed by atoms with Crippen LogP contribution in [0.25, 0.3) is 0 Å². The molecule has 0 spiro atoms. The van der Waals surface area contributed by atoms with E-state index in [1.165, 1.54) is 0 Å². The topological polar surface area (TPSA) is 32.3 Å². The highest BCUT2D eigenvalue weighted by atomic mass is 35.5. The van der Waals surface area contributed by atoms with E-state index in [2.05, 4.69) is 12.2 Å². The average molecular weight is 257 g/mol. The van der Waals surface area contributed by atoms with Gasteiger partial charge in [-0.3, -0.25) is 4.79 Å². The van der Waals surface area contributed by atoms with Gasteiger partial charge in [-0.15, -0.1) is 12.4 Å². The summed E-state index contributed by atoms with van der Waals surface area (Å²) in [6.45, 7) is 4.86. The Kier molecular flexibility index (Phi) is 7.59. The second kappa shape index (κ2) is 8.09. The zero-order valence-corrected chi connectivity index (χ0v) is 11.5. The fraction of sp³-hybridized carbons (Fsp3) is 0.462. The van der Waals surface area contributed by atoms with Crippen LogP contribution in [0.2, 0.25) is 0 Å². The van der Waals surface area contributed by atoms with Gasteiger partial charge in [0.15, 0.2) is 0 Å². The first-order valence-electron chi connectivity index (χ1n) is 5.72. The van der Waals surface area contributed by atoms with E-state index in [4.69, 9.17) is 0 Å². The summed E-state index contributed by atoms with van der Waals surface area (Å²) in [5.74, 6) is 0.0969. The Bertz CT molecular complexity index is 329. The van der Waals surface area contributed by atoms with Crippen molar-refractivity contribution < 1.29 is 4.79 Å². The molecule has 0 aliphatic carbocycles. The van der Waals surface area contributed by atoms with E-state index in [0.29, 0.717) is 0 Å². The Labute approximate surface area is 110 Å². The predicted octanol–water partition coefficient (Wildman–Crippen LogP) is 2.46. The van der Waals surface area contributed by atoms with Crippen LogP contribution in [0, 0.1) is 0 Å². The van der Waals surface area contributed by atoms with Crippen molar-refractivity contribution in [2.45, 2.75) is 26.3 Å². The average Bonchev–Trinajstić information content (AvgIpc) is 2.35. The smallest absolute Gasteiger partial charge is 0.243 e. The molecule has 1 aromatic carbocycles. The van der Waals surface area contributed by atoms with Crippen LogP contribution in [0.5, 0.6) is 0 Å². The number of amides is 1. The van der Waals surface area contributed by atoms with Crippen molar-refractivity contribution in [2.75, 3.05) is 18.5 Å². The van der Waals surface area contributed by atoms with Gasteiger partial charge >= 0.3 is 0 Å². The van der Waals surface area contributed by atoms with E-state index in [1.54, 1.807) is 4.90 Å². The molecular formula is C13H21ClN2O. The van der Waals surface area contributed by atoms with Gasteiger partial charge in [-0.1, -0.05) is 25.1 Å². The van der Waals surface area contributed by atoms with Crippen molar-refractivity contribution in [3.05, 3.63) is 30.3 Å². The van der Waals surface area contributed by atoms with Gasteiger partial charge in [-0.05, 0) is 32.0 Å². The summed E-state index contributed by atoms with van der Waals surface area (Å²) in [5.41, 5.74) is 0.928. The molecule has 96 valence electrons. The highest BCUT2D eigenvalue weighted by Gasteiger charge is 2.17. The maximum atomic E-state index is 12.0. The fourth-order valence-electron chi connectivity index (χ4n) is 1.52. The molecule has 1 aromatic rings. The van der Waals surface area contributed by atoms with Crippen LogP contribution >= 0.6 is 12.4 Å². The maximum absolute atomic E-state index is 12.0. The molecule has 0 aliphatic rings. The number of carbonyl (C=O) groups excluding carboxylic acids is 1. The van der Waals surface area contributed by atoms with Crippen LogP contribution in [0.1, 0.15) is 20.3 Å². The number of nitrogens with one attached hydrogen (secondary N) is 1. The lowest BCUT2D eigenvalue weighted by Crippen LogP contribution is -2.43. The van der Waals surface area contributed by atoms with Gasteiger partial charge in [0.1, 0.15) is 0 Å². The van der Waals surface area contributed by atoms with Crippen LogP contribution in [0.3, 0.4) is 0 Å². The minimum atomic E-state index is -0.134. The van der Waals surface area contributed by atoms with Crippen LogP contribution in [-0.4, -0.2) is 25.5 Å². The number of nitrogens with zero attached hydrogens (tertiary/aromatic N) is 1. The molecule has 0 saturated carbocycles. The number of benzene rings is 1. The standard InChI is InChI=1S/C13H20N2O.ClH/c1-4-10-14-11(2)13(16)15(3)12-8-6-5-7-9-12;/h5-9,11,14H,4,10H2,1-3H3;1H. The summed E-state index contributed by atoms with van der Waals surface area (Å²) in [4.78, 5) is 13.7. The fourth-order valence-corrected chi connectivity index (χ4v) is 1.52. The summed E-state index contributed by atoms with van der Waals surface area (Å²) in [5, 5.41) is 3.19. The maximum Gasteiger partial charge on any atom is 0.243 e. The van der Waals surface area contributed by atoms with Crippen molar-refractivity contribution in [2.24, 2.45) is 0 Å². The second-order valence-corrected chi connectivity index (χ2v) is 3.91. The van der Waals surface area contributed by atoms with Gasteiger partial charge in [0.05, 0.1) is 6.04 Å². The largest absolute Gasteiger partial charge is 0.314 e. The molecule has 1 unspecified atom stereocenters. The zero-order valence-electron chi connectivity index (χ0n) is 10.6. The highest BCUT2D eigenvalue weighted by molar-refractivity contribution is 5.96. The molecule has 3 nitrogen and oxygen atoms in total. The minimum absolute atomic E-state index is 0. The van der Waals surface area contributed by atoms with Crippen molar-refractivity contribution in [3.63, 3.8) is 0 Å². The van der Waals surface area contributed by atoms with E-state index in [-0.39, 0.29) is 24.4 Å². The molecule has 0 saturated heterocycles. The first kappa shape index (κ1) is 15.9. The molecule has 4 heteroatoms.